The van der Waals surface area contributed by atoms with Crippen LogP contribution in [0.25, 0.3) is 0 Å². The summed E-state index contributed by atoms with van der Waals surface area (Å²) in [5.41, 5.74) is -1.36. The molecule has 0 aromatic heterocycles. The third-order valence-electron chi connectivity index (χ3n) is 3.98. The lowest BCUT2D eigenvalue weighted by molar-refractivity contribution is -0.00840. The van der Waals surface area contributed by atoms with Gasteiger partial charge >= 0.3 is 6.09 Å². The van der Waals surface area contributed by atoms with E-state index in [0.717, 1.165) is 0 Å². The van der Waals surface area contributed by atoms with Crippen LogP contribution >= 0.6 is 46.4 Å². The Morgan fingerprint density at radius 1 is 1.22 bits per heavy atom. The SMILES string of the molecule is COCCOCOc1cc(N2C(=O)OC(Cl)(C(C)(C)C)C2Cl)c(Cl)cc1Cl. The van der Waals surface area contributed by atoms with Crippen LogP contribution in [0.1, 0.15) is 20.8 Å². The van der Waals surface area contributed by atoms with Crippen molar-refractivity contribution in [3.05, 3.63) is 22.2 Å². The van der Waals surface area contributed by atoms with Gasteiger partial charge in [0.05, 0.1) is 28.9 Å². The molecule has 1 aromatic carbocycles. The van der Waals surface area contributed by atoms with Crippen molar-refractivity contribution in [2.24, 2.45) is 5.41 Å². The Morgan fingerprint density at radius 2 is 1.89 bits per heavy atom. The summed E-state index contributed by atoms with van der Waals surface area (Å²) >= 11 is 25.5. The van der Waals surface area contributed by atoms with E-state index >= 15 is 0 Å². The van der Waals surface area contributed by atoms with Gasteiger partial charge in [-0.15, -0.1) is 0 Å². The minimum atomic E-state index is -1.45. The highest BCUT2D eigenvalue weighted by atomic mass is 35.5. The molecule has 1 amide bonds. The van der Waals surface area contributed by atoms with Crippen LogP contribution < -0.4 is 9.64 Å². The summed E-state index contributed by atoms with van der Waals surface area (Å²) in [7, 11) is 1.57. The van der Waals surface area contributed by atoms with E-state index in [0.29, 0.717) is 13.2 Å². The largest absolute Gasteiger partial charge is 0.466 e. The predicted octanol–water partition coefficient (Wildman–Crippen LogP) is 5.50. The number of hydrogen-bond acceptors (Lipinski definition) is 5. The molecule has 10 heteroatoms. The molecule has 1 aliphatic heterocycles. The van der Waals surface area contributed by atoms with Crippen molar-refractivity contribution >= 4 is 58.2 Å². The molecule has 0 bridgehead atoms. The second-order valence-corrected chi connectivity index (χ2v) is 8.66. The van der Waals surface area contributed by atoms with E-state index in [1.807, 2.05) is 20.8 Å². The summed E-state index contributed by atoms with van der Waals surface area (Å²) in [6, 6.07) is 2.94. The molecule has 2 unspecified atom stereocenters. The average molecular weight is 461 g/mol. The number of alkyl halides is 2. The third-order valence-corrected chi connectivity index (χ3v) is 6.04. The number of hydrogen-bond donors (Lipinski definition) is 0. The number of nitrogens with zero attached hydrogens (tertiary/aromatic N) is 1. The Labute approximate surface area is 178 Å². The van der Waals surface area contributed by atoms with Crippen LogP contribution in [0.3, 0.4) is 0 Å². The minimum absolute atomic E-state index is 0.0552. The Kier molecular flexibility index (Phi) is 7.39. The van der Waals surface area contributed by atoms with Crippen LogP contribution in [-0.4, -0.2) is 43.8 Å². The van der Waals surface area contributed by atoms with Gasteiger partial charge in [0.1, 0.15) is 5.75 Å². The number of methoxy groups -OCH3 is 1. The Bertz CT molecular complexity index is 697. The number of carbonyl (C=O) groups is 1. The molecule has 0 aliphatic carbocycles. The normalized spacial score (nSPS) is 22.9. The summed E-state index contributed by atoms with van der Waals surface area (Å²) in [6.45, 7) is 6.20. The van der Waals surface area contributed by atoms with Crippen LogP contribution in [0.5, 0.6) is 5.75 Å². The van der Waals surface area contributed by atoms with E-state index in [1.54, 1.807) is 7.11 Å². The molecule has 6 nitrogen and oxygen atoms in total. The molecule has 0 radical (unpaired) electrons. The number of amides is 1. The summed E-state index contributed by atoms with van der Waals surface area (Å²) in [5.74, 6) is 0.271. The summed E-state index contributed by atoms with van der Waals surface area (Å²) in [5, 5.41) is -0.991. The lowest BCUT2D eigenvalue weighted by Crippen LogP contribution is -2.46. The maximum absolute atomic E-state index is 12.5. The molecule has 152 valence electrons. The molecule has 1 aromatic rings. The Morgan fingerprint density at radius 3 is 2.44 bits per heavy atom. The van der Waals surface area contributed by atoms with Gasteiger partial charge in [0.25, 0.3) is 0 Å². The monoisotopic (exact) mass is 459 g/mol. The first kappa shape index (κ1) is 22.7. The molecule has 0 N–H and O–H groups in total. The van der Waals surface area contributed by atoms with Gasteiger partial charge < -0.3 is 18.9 Å². The number of halogens is 4. The Hall–Kier alpha value is -0.630. The fraction of sp³-hybridized carbons (Fsp3) is 0.588. The first-order chi connectivity index (χ1) is 12.5. The minimum Gasteiger partial charge on any atom is -0.466 e. The molecule has 27 heavy (non-hydrogen) atoms. The first-order valence-electron chi connectivity index (χ1n) is 8.06. The maximum atomic E-state index is 12.5. The van der Waals surface area contributed by atoms with Gasteiger partial charge in [0.15, 0.2) is 12.3 Å². The van der Waals surface area contributed by atoms with E-state index < -0.39 is 22.1 Å². The van der Waals surface area contributed by atoms with Crippen LogP contribution in [0.2, 0.25) is 10.0 Å². The third kappa shape index (κ3) is 4.69. The highest BCUT2D eigenvalue weighted by Crippen LogP contribution is 2.51. The zero-order valence-corrected chi connectivity index (χ0v) is 18.4. The van der Waals surface area contributed by atoms with Crippen LogP contribution in [0, 0.1) is 5.41 Å². The molecule has 0 saturated carbocycles. The molecule has 1 saturated heterocycles. The van der Waals surface area contributed by atoms with Gasteiger partial charge in [0.2, 0.25) is 5.06 Å². The predicted molar refractivity (Wildman–Crippen MR) is 106 cm³/mol. The van der Waals surface area contributed by atoms with Crippen molar-refractivity contribution in [1.82, 2.24) is 0 Å². The Balaban J connectivity index is 2.27. The van der Waals surface area contributed by atoms with Gasteiger partial charge in [-0.1, -0.05) is 67.2 Å². The highest BCUT2D eigenvalue weighted by Gasteiger charge is 2.59. The van der Waals surface area contributed by atoms with Gasteiger partial charge in [0, 0.05) is 18.6 Å². The lowest BCUT2D eigenvalue weighted by Gasteiger charge is -2.36. The zero-order valence-electron chi connectivity index (χ0n) is 15.4. The molecule has 2 atom stereocenters. The van der Waals surface area contributed by atoms with Crippen molar-refractivity contribution in [3.8, 4) is 5.75 Å². The van der Waals surface area contributed by atoms with Crippen LogP contribution in [0.4, 0.5) is 10.5 Å². The van der Waals surface area contributed by atoms with Gasteiger partial charge in [-0.05, 0) is 6.07 Å². The number of carbonyl (C=O) groups excluding carboxylic acids is 1. The fourth-order valence-corrected chi connectivity index (χ4v) is 3.58. The van der Waals surface area contributed by atoms with Crippen molar-refractivity contribution in [2.45, 2.75) is 31.3 Å². The van der Waals surface area contributed by atoms with Gasteiger partial charge in [-0.25, -0.2) is 4.79 Å². The molecule has 2 rings (SSSR count). The van der Waals surface area contributed by atoms with E-state index in [1.165, 1.54) is 17.0 Å². The molecule has 1 heterocycles. The van der Waals surface area contributed by atoms with E-state index in [4.69, 9.17) is 65.4 Å². The molecular weight excluding hydrogens is 440 g/mol. The highest BCUT2D eigenvalue weighted by molar-refractivity contribution is 6.39. The topological polar surface area (TPSA) is 57.2 Å². The second kappa shape index (κ2) is 8.80. The lowest BCUT2D eigenvalue weighted by atomic mass is 9.88. The number of cyclic esters (lactones) is 1. The molecule has 1 aliphatic rings. The maximum Gasteiger partial charge on any atom is 0.417 e. The molecule has 0 spiro atoms. The molecule has 1 fully saturated rings. The van der Waals surface area contributed by atoms with Gasteiger partial charge in [-0.3, -0.25) is 4.90 Å². The summed E-state index contributed by atoms with van der Waals surface area (Å²) in [6.07, 6.45) is -0.716. The van der Waals surface area contributed by atoms with Crippen molar-refractivity contribution in [2.75, 3.05) is 32.0 Å². The summed E-state index contributed by atoms with van der Waals surface area (Å²) in [4.78, 5) is 13.7. The van der Waals surface area contributed by atoms with Crippen molar-refractivity contribution < 1.29 is 23.7 Å². The smallest absolute Gasteiger partial charge is 0.417 e. The second-order valence-electron chi connectivity index (χ2n) is 6.87. The van der Waals surface area contributed by atoms with Crippen LogP contribution in [-0.2, 0) is 14.2 Å². The summed E-state index contributed by atoms with van der Waals surface area (Å²) < 4.78 is 21.0. The zero-order chi connectivity index (χ0) is 20.4. The number of anilines is 1. The van der Waals surface area contributed by atoms with E-state index in [-0.39, 0.29) is 28.3 Å². The van der Waals surface area contributed by atoms with E-state index in [2.05, 4.69) is 0 Å². The quantitative estimate of drug-likeness (QED) is 0.233. The average Bonchev–Trinajstić information content (AvgIpc) is 2.79. The number of benzene rings is 1. The van der Waals surface area contributed by atoms with Crippen molar-refractivity contribution in [1.29, 1.82) is 0 Å². The number of ether oxygens (including phenoxy) is 4. The van der Waals surface area contributed by atoms with Crippen LogP contribution in [0.15, 0.2) is 12.1 Å². The standard InChI is InChI=1S/C17H21Cl4NO5/c1-16(2,3)17(21)14(20)22(15(23)27-17)12-8-13(11(19)7-10(12)18)26-9-25-6-5-24-4/h7-8,14H,5-6,9H2,1-4H3. The van der Waals surface area contributed by atoms with E-state index in [9.17, 15) is 4.79 Å². The first-order valence-corrected chi connectivity index (χ1v) is 9.63. The molecular formula is C17H21Cl4NO5. The van der Waals surface area contributed by atoms with Crippen molar-refractivity contribution in [3.63, 3.8) is 0 Å². The van der Waals surface area contributed by atoms with Gasteiger partial charge in [-0.2, -0.15) is 0 Å². The fourth-order valence-electron chi connectivity index (χ4n) is 2.33. The number of rotatable bonds is 7.